The van der Waals surface area contributed by atoms with Gasteiger partial charge in [0.25, 0.3) is 0 Å². The van der Waals surface area contributed by atoms with Crippen LogP contribution in [0.2, 0.25) is 0 Å². The first-order valence-corrected chi connectivity index (χ1v) is 13.0. The maximum atomic E-state index is 14.4. The summed E-state index contributed by atoms with van der Waals surface area (Å²) in [5.41, 5.74) is 4.42. The van der Waals surface area contributed by atoms with Crippen LogP contribution in [0.1, 0.15) is 61.8 Å². The highest BCUT2D eigenvalue weighted by Gasteiger charge is 2.41. The second-order valence-electron chi connectivity index (χ2n) is 8.96. The maximum absolute atomic E-state index is 14.4. The number of carbonyl (C=O) groups excluding carboxylic acids is 1. The third-order valence-corrected chi connectivity index (χ3v) is 6.88. The molecule has 0 spiro atoms. The molecule has 1 fully saturated rings. The fraction of sp³-hybridized carbons (Fsp3) is 0.478. The number of sulfonamides is 1. The Bertz CT molecular complexity index is 1170. The molecule has 0 aliphatic heterocycles. The number of alkyl halides is 3. The molecule has 0 saturated heterocycles. The highest BCUT2D eigenvalue weighted by atomic mass is 32.2. The second-order valence-corrected chi connectivity index (χ2v) is 10.7. The molecule has 7 nitrogen and oxygen atoms in total. The van der Waals surface area contributed by atoms with Crippen LogP contribution >= 0.6 is 0 Å². The lowest BCUT2D eigenvalue weighted by Crippen LogP contribution is -2.59. The number of benzene rings is 1. The summed E-state index contributed by atoms with van der Waals surface area (Å²) >= 11 is 0. The average Bonchev–Trinajstić information content (AvgIpc) is 2.79. The molecule has 0 radical (unpaired) electrons. The summed E-state index contributed by atoms with van der Waals surface area (Å²) in [5.74, 6) is -2.53. The van der Waals surface area contributed by atoms with Crippen LogP contribution in [0.4, 0.5) is 23.2 Å². The molecule has 4 N–H and O–H groups in total. The maximum Gasteiger partial charge on any atom is 0.433 e. The predicted octanol–water partition coefficient (Wildman–Crippen LogP) is 4.22. The Labute approximate surface area is 201 Å². The van der Waals surface area contributed by atoms with Crippen molar-refractivity contribution in [1.29, 1.82) is 0 Å². The number of halogens is 4. The van der Waals surface area contributed by atoms with Gasteiger partial charge < -0.3 is 11.1 Å². The number of hydrogen-bond acceptors (Lipinski definition) is 5. The number of aromatic nitrogens is 1. The molecule has 2 atom stereocenters. The first kappa shape index (κ1) is 26.9. The first-order valence-electron chi connectivity index (χ1n) is 11.1. The van der Waals surface area contributed by atoms with E-state index in [2.05, 4.69) is 15.0 Å². The van der Waals surface area contributed by atoms with Crippen molar-refractivity contribution < 1.29 is 30.8 Å². The third-order valence-electron chi connectivity index (χ3n) is 6.29. The molecule has 1 aromatic carbocycles. The van der Waals surface area contributed by atoms with Crippen LogP contribution < -0.4 is 15.8 Å². The first-order chi connectivity index (χ1) is 16.2. The smallest absolute Gasteiger partial charge is 0.333 e. The van der Waals surface area contributed by atoms with Gasteiger partial charge in [-0.25, -0.2) is 12.8 Å². The molecular formula is C23H28F4N4O3S. The number of hydrogen-bond donors (Lipinski definition) is 3. The second kappa shape index (κ2) is 10.1. The summed E-state index contributed by atoms with van der Waals surface area (Å²) < 4.78 is 78.2. The zero-order valence-corrected chi connectivity index (χ0v) is 20.1. The van der Waals surface area contributed by atoms with Gasteiger partial charge in [-0.1, -0.05) is 31.4 Å². The Balaban J connectivity index is 1.88. The van der Waals surface area contributed by atoms with Gasteiger partial charge in [0.05, 0.1) is 17.9 Å². The molecule has 2 unspecified atom stereocenters. The molecule has 3 rings (SSSR count). The van der Waals surface area contributed by atoms with E-state index in [1.54, 1.807) is 0 Å². The van der Waals surface area contributed by atoms with Crippen molar-refractivity contribution in [2.75, 3.05) is 11.0 Å². The van der Waals surface area contributed by atoms with E-state index in [0.29, 0.717) is 12.8 Å². The zero-order chi connectivity index (χ0) is 26.0. The number of anilines is 1. The van der Waals surface area contributed by atoms with E-state index in [0.717, 1.165) is 43.8 Å². The monoisotopic (exact) mass is 516 g/mol. The van der Waals surface area contributed by atoms with Crippen LogP contribution in [0.3, 0.4) is 0 Å². The fourth-order valence-electron chi connectivity index (χ4n) is 4.32. The molecule has 1 heterocycles. The predicted molar refractivity (Wildman–Crippen MR) is 123 cm³/mol. The molecule has 192 valence electrons. The van der Waals surface area contributed by atoms with E-state index in [9.17, 15) is 30.8 Å². The van der Waals surface area contributed by atoms with Crippen molar-refractivity contribution >= 4 is 21.6 Å². The van der Waals surface area contributed by atoms with E-state index < -0.39 is 45.2 Å². The van der Waals surface area contributed by atoms with Crippen molar-refractivity contribution in [2.45, 2.75) is 56.8 Å². The molecule has 0 bridgehead atoms. The topological polar surface area (TPSA) is 114 Å². The Kier molecular flexibility index (Phi) is 7.75. The van der Waals surface area contributed by atoms with Crippen LogP contribution in [-0.2, 0) is 26.7 Å². The van der Waals surface area contributed by atoms with Crippen molar-refractivity contribution in [3.05, 3.63) is 59.2 Å². The molecule has 35 heavy (non-hydrogen) atoms. The fourth-order valence-corrected chi connectivity index (χ4v) is 4.89. The summed E-state index contributed by atoms with van der Waals surface area (Å²) in [4.78, 5) is 16.7. The highest BCUT2D eigenvalue weighted by molar-refractivity contribution is 7.92. The van der Waals surface area contributed by atoms with Gasteiger partial charge in [0.1, 0.15) is 17.2 Å². The van der Waals surface area contributed by atoms with Crippen LogP contribution in [0, 0.1) is 11.7 Å². The van der Waals surface area contributed by atoms with Crippen LogP contribution in [0.5, 0.6) is 0 Å². The number of nitrogens with zero attached hydrogens (tertiary/aromatic N) is 1. The lowest BCUT2D eigenvalue weighted by atomic mass is 9.76. The van der Waals surface area contributed by atoms with E-state index >= 15 is 0 Å². The van der Waals surface area contributed by atoms with Crippen molar-refractivity contribution in [3.63, 3.8) is 0 Å². The zero-order valence-electron chi connectivity index (χ0n) is 19.3. The Morgan fingerprint density at radius 3 is 2.31 bits per heavy atom. The lowest BCUT2D eigenvalue weighted by molar-refractivity contribution is -0.141. The number of amides is 1. The molecular weight excluding hydrogens is 488 g/mol. The van der Waals surface area contributed by atoms with Gasteiger partial charge in [0.15, 0.2) is 0 Å². The molecule has 1 amide bonds. The largest absolute Gasteiger partial charge is 0.433 e. The molecule has 1 saturated carbocycles. The van der Waals surface area contributed by atoms with Gasteiger partial charge in [-0.3, -0.25) is 14.5 Å². The van der Waals surface area contributed by atoms with Gasteiger partial charge in [-0.05, 0) is 49.4 Å². The standard InChI is InChI=1S/C23H28F4N4O3S/c1-14(15-8-10-19(18(24)12-15)31-35(2,33)34)21(32)30-22(28,16-6-4-3-5-7-16)17-9-11-20(29-13-17)23(25,26)27/h8-14,16,31H,3-7,28H2,1-2H3,(H,30,32). The number of pyridine rings is 1. The van der Waals surface area contributed by atoms with E-state index in [4.69, 9.17) is 5.73 Å². The van der Waals surface area contributed by atoms with Crippen LogP contribution in [0.25, 0.3) is 0 Å². The molecule has 1 aromatic heterocycles. The Hall–Kier alpha value is -2.73. The number of nitrogens with two attached hydrogens (primary N) is 1. The normalized spacial score (nSPS) is 17.9. The van der Waals surface area contributed by atoms with Crippen LogP contribution in [-0.4, -0.2) is 25.6 Å². The van der Waals surface area contributed by atoms with Crippen molar-refractivity contribution in [3.8, 4) is 0 Å². The summed E-state index contributed by atoms with van der Waals surface area (Å²) in [5, 5.41) is 2.79. The average molecular weight is 517 g/mol. The SMILES string of the molecule is CC(C(=O)NC(N)(c1ccc(C(F)(F)F)nc1)C1CCCCC1)c1ccc(NS(C)(=O)=O)c(F)c1. The lowest BCUT2D eigenvalue weighted by Gasteiger charge is -2.41. The minimum absolute atomic E-state index is 0.232. The van der Waals surface area contributed by atoms with Gasteiger partial charge >= 0.3 is 6.18 Å². The van der Waals surface area contributed by atoms with E-state index in [1.165, 1.54) is 25.1 Å². The van der Waals surface area contributed by atoms with Gasteiger partial charge in [0, 0.05) is 11.8 Å². The van der Waals surface area contributed by atoms with Crippen molar-refractivity contribution in [1.82, 2.24) is 10.3 Å². The Morgan fingerprint density at radius 1 is 1.14 bits per heavy atom. The van der Waals surface area contributed by atoms with Crippen molar-refractivity contribution in [2.24, 2.45) is 11.7 Å². The summed E-state index contributed by atoms with van der Waals surface area (Å²) in [6, 6.07) is 5.74. The summed E-state index contributed by atoms with van der Waals surface area (Å²) in [6.45, 7) is 1.53. The minimum atomic E-state index is -4.61. The summed E-state index contributed by atoms with van der Waals surface area (Å²) in [6.07, 6.45) is 1.38. The van der Waals surface area contributed by atoms with E-state index in [-0.39, 0.29) is 22.7 Å². The van der Waals surface area contributed by atoms with Gasteiger partial charge in [-0.15, -0.1) is 0 Å². The minimum Gasteiger partial charge on any atom is -0.333 e. The molecule has 12 heteroatoms. The summed E-state index contributed by atoms with van der Waals surface area (Å²) in [7, 11) is -3.69. The number of carbonyl (C=O) groups is 1. The van der Waals surface area contributed by atoms with Crippen LogP contribution in [0.15, 0.2) is 36.5 Å². The Morgan fingerprint density at radius 2 is 1.80 bits per heavy atom. The number of nitrogens with one attached hydrogen (secondary N) is 2. The molecule has 1 aliphatic rings. The quantitative estimate of drug-likeness (QED) is 0.377. The molecule has 2 aromatic rings. The van der Waals surface area contributed by atoms with Gasteiger partial charge in [0.2, 0.25) is 15.9 Å². The van der Waals surface area contributed by atoms with E-state index in [1.807, 2.05) is 0 Å². The number of rotatable bonds is 7. The molecule has 1 aliphatic carbocycles. The van der Waals surface area contributed by atoms with Gasteiger partial charge in [-0.2, -0.15) is 13.2 Å². The highest BCUT2D eigenvalue weighted by Crippen LogP contribution is 2.37. The third kappa shape index (κ3) is 6.49.